The molecule has 15 heavy (non-hydrogen) atoms. The fourth-order valence-corrected chi connectivity index (χ4v) is 1.69. The highest BCUT2D eigenvalue weighted by atomic mass is 127. The summed E-state index contributed by atoms with van der Waals surface area (Å²) in [6.07, 6.45) is 0. The second-order valence-corrected chi connectivity index (χ2v) is 3.66. The summed E-state index contributed by atoms with van der Waals surface area (Å²) < 4.78 is 7.11. The molecule has 0 bridgehead atoms. The number of carbonyl (C=O) groups excluding carboxylic acids is 1. The molecule has 2 N–H and O–H groups in total. The molecule has 0 saturated carbocycles. The van der Waals surface area contributed by atoms with Crippen LogP contribution in [0, 0.1) is 3.57 Å². The zero-order valence-corrected chi connectivity index (χ0v) is 11.5. The minimum atomic E-state index is -0.372. The molecule has 0 amide bonds. The predicted octanol–water partition coefficient (Wildman–Crippen LogP) is 1.69. The smallest absolute Gasteiger partial charge is 0.357 e. The van der Waals surface area contributed by atoms with Gasteiger partial charge < -0.3 is 10.5 Å². The van der Waals surface area contributed by atoms with Crippen molar-refractivity contribution in [1.82, 2.24) is 9.78 Å². The van der Waals surface area contributed by atoms with Gasteiger partial charge in [0.05, 0.1) is 10.2 Å². The van der Waals surface area contributed by atoms with Gasteiger partial charge in [0.25, 0.3) is 0 Å². The van der Waals surface area contributed by atoms with E-state index in [0.29, 0.717) is 28.2 Å². The lowest BCUT2D eigenvalue weighted by Gasteiger charge is -2.03. The van der Waals surface area contributed by atoms with Crippen LogP contribution in [0.1, 0.15) is 24.3 Å². The molecule has 0 unspecified atom stereocenters. The van der Waals surface area contributed by atoms with Gasteiger partial charge in [-0.3, -0.25) is 4.68 Å². The fraction of sp³-hybridized carbons (Fsp3) is 0.500. The predicted molar refractivity (Wildman–Crippen MR) is 68.2 cm³/mol. The zero-order chi connectivity index (χ0) is 10.7. The average molecular weight is 346 g/mol. The summed E-state index contributed by atoms with van der Waals surface area (Å²) in [5.74, 6) is -0.00143. The number of hydrogen-bond acceptors (Lipinski definition) is 4. The van der Waals surface area contributed by atoms with Crippen molar-refractivity contribution in [2.45, 2.75) is 20.4 Å². The van der Waals surface area contributed by atoms with Crippen LogP contribution in [0.2, 0.25) is 0 Å². The number of nitrogen functional groups attached to an aromatic ring is 1. The Kier molecular flexibility index (Phi) is 5.96. The van der Waals surface area contributed by atoms with Crippen molar-refractivity contribution in [3.05, 3.63) is 9.26 Å². The second kappa shape index (κ2) is 6.16. The Balaban J connectivity index is 0.00000196. The molecule has 86 valence electrons. The molecule has 1 aromatic rings. The van der Waals surface area contributed by atoms with Crippen molar-refractivity contribution >= 4 is 46.8 Å². The Labute approximate surface area is 108 Å². The lowest BCUT2D eigenvalue weighted by atomic mass is 10.4. The molecule has 0 aliphatic carbocycles. The highest BCUT2D eigenvalue weighted by Gasteiger charge is 2.20. The van der Waals surface area contributed by atoms with Crippen LogP contribution in [0.25, 0.3) is 0 Å². The van der Waals surface area contributed by atoms with E-state index >= 15 is 0 Å². The Morgan fingerprint density at radius 1 is 1.60 bits per heavy atom. The van der Waals surface area contributed by atoms with Gasteiger partial charge in [-0.2, -0.15) is 5.10 Å². The topological polar surface area (TPSA) is 70.1 Å². The van der Waals surface area contributed by atoms with Crippen LogP contribution in [-0.2, 0) is 11.3 Å². The summed E-state index contributed by atoms with van der Waals surface area (Å²) in [4.78, 5) is 11.5. The van der Waals surface area contributed by atoms with E-state index in [0.717, 1.165) is 0 Å². The molecular weight excluding hydrogens is 332 g/mol. The van der Waals surface area contributed by atoms with E-state index in [2.05, 4.69) is 5.10 Å². The van der Waals surface area contributed by atoms with Crippen molar-refractivity contribution < 1.29 is 9.53 Å². The molecule has 5 nitrogen and oxygen atoms in total. The van der Waals surface area contributed by atoms with E-state index in [-0.39, 0.29) is 18.4 Å². The maximum absolute atomic E-state index is 11.5. The van der Waals surface area contributed by atoms with Crippen molar-refractivity contribution in [1.29, 1.82) is 0 Å². The maximum Gasteiger partial charge on any atom is 0.357 e. The number of carbonyl (C=O) groups is 1. The monoisotopic (exact) mass is 345 g/mol. The summed E-state index contributed by atoms with van der Waals surface area (Å²) in [5.41, 5.74) is 6.04. The van der Waals surface area contributed by atoms with E-state index in [4.69, 9.17) is 10.5 Å². The molecule has 0 aliphatic rings. The zero-order valence-electron chi connectivity index (χ0n) is 8.49. The van der Waals surface area contributed by atoms with Crippen molar-refractivity contribution in [2.75, 3.05) is 12.3 Å². The van der Waals surface area contributed by atoms with Crippen LogP contribution in [0.3, 0.4) is 0 Å². The molecule has 0 atom stereocenters. The van der Waals surface area contributed by atoms with Crippen LogP contribution >= 0.6 is 35.0 Å². The number of nitrogens with two attached hydrogens (primary N) is 1. The number of aryl methyl sites for hydroxylation is 1. The molecule has 0 aromatic carbocycles. The van der Waals surface area contributed by atoms with Crippen LogP contribution in [0.5, 0.6) is 0 Å². The number of ether oxygens (including phenoxy) is 1. The average Bonchev–Trinajstić information content (AvgIpc) is 2.43. The molecular formula is C8H13ClIN3O2. The molecule has 1 aromatic heterocycles. The molecule has 0 radical (unpaired) electrons. The van der Waals surface area contributed by atoms with E-state index in [1.807, 2.05) is 29.5 Å². The Bertz CT molecular complexity index is 354. The van der Waals surface area contributed by atoms with Gasteiger partial charge in [-0.15, -0.1) is 12.4 Å². The van der Waals surface area contributed by atoms with E-state index in [9.17, 15) is 4.79 Å². The van der Waals surface area contributed by atoms with Crippen molar-refractivity contribution in [2.24, 2.45) is 0 Å². The first-order valence-electron chi connectivity index (χ1n) is 4.30. The molecule has 0 aliphatic heterocycles. The Morgan fingerprint density at radius 2 is 2.20 bits per heavy atom. The third kappa shape index (κ3) is 2.97. The normalized spacial score (nSPS) is 9.53. The largest absolute Gasteiger partial charge is 0.461 e. The number of aromatic nitrogens is 2. The van der Waals surface area contributed by atoms with Gasteiger partial charge in [0.15, 0.2) is 11.5 Å². The van der Waals surface area contributed by atoms with E-state index in [1.165, 1.54) is 0 Å². The lowest BCUT2D eigenvalue weighted by Crippen LogP contribution is -2.13. The number of halogens is 2. The van der Waals surface area contributed by atoms with Gasteiger partial charge in [-0.1, -0.05) is 0 Å². The van der Waals surface area contributed by atoms with Crippen molar-refractivity contribution in [3.63, 3.8) is 0 Å². The van der Waals surface area contributed by atoms with Gasteiger partial charge in [-0.05, 0) is 36.4 Å². The van der Waals surface area contributed by atoms with Gasteiger partial charge in [0, 0.05) is 6.54 Å². The quantitative estimate of drug-likeness (QED) is 0.668. The number of nitrogens with zero attached hydrogens (tertiary/aromatic N) is 2. The summed E-state index contributed by atoms with van der Waals surface area (Å²) in [6, 6.07) is 0. The van der Waals surface area contributed by atoms with Crippen LogP contribution in [-0.4, -0.2) is 22.4 Å². The lowest BCUT2D eigenvalue weighted by molar-refractivity contribution is 0.0511. The maximum atomic E-state index is 11.5. The van der Waals surface area contributed by atoms with Crippen LogP contribution in [0.4, 0.5) is 5.82 Å². The molecule has 1 rings (SSSR count). The third-order valence-electron chi connectivity index (χ3n) is 1.69. The number of rotatable bonds is 3. The van der Waals surface area contributed by atoms with Gasteiger partial charge in [0.2, 0.25) is 0 Å². The highest BCUT2D eigenvalue weighted by Crippen LogP contribution is 2.19. The molecule has 0 saturated heterocycles. The summed E-state index contributed by atoms with van der Waals surface area (Å²) >= 11 is 1.99. The number of hydrogen-bond donors (Lipinski definition) is 1. The number of esters is 1. The molecule has 0 fully saturated rings. The Morgan fingerprint density at radius 3 is 2.67 bits per heavy atom. The molecule has 0 spiro atoms. The third-order valence-corrected chi connectivity index (χ3v) is 2.75. The van der Waals surface area contributed by atoms with Gasteiger partial charge in [0.1, 0.15) is 0 Å². The highest BCUT2D eigenvalue weighted by molar-refractivity contribution is 14.1. The SMILES string of the molecule is CCOC(=O)c1c(I)c(N)nn1CC.Cl. The summed E-state index contributed by atoms with van der Waals surface area (Å²) in [6.45, 7) is 4.61. The fourth-order valence-electron chi connectivity index (χ4n) is 1.08. The second-order valence-electron chi connectivity index (χ2n) is 2.58. The molecule has 7 heteroatoms. The minimum Gasteiger partial charge on any atom is -0.461 e. The molecule has 1 heterocycles. The first-order valence-corrected chi connectivity index (χ1v) is 5.38. The standard InChI is InChI=1S/C8H12IN3O2.ClH/c1-3-12-6(8(13)14-4-2)5(9)7(10)11-12;/h3-4H2,1-2H3,(H2,10,11);1H. The first-order chi connectivity index (χ1) is 6.61. The van der Waals surface area contributed by atoms with Gasteiger partial charge in [-0.25, -0.2) is 4.79 Å². The van der Waals surface area contributed by atoms with E-state index < -0.39 is 0 Å². The van der Waals surface area contributed by atoms with Crippen LogP contribution in [0.15, 0.2) is 0 Å². The first kappa shape index (κ1) is 14.5. The van der Waals surface area contributed by atoms with Crippen LogP contribution < -0.4 is 5.73 Å². The van der Waals surface area contributed by atoms with E-state index in [1.54, 1.807) is 11.6 Å². The Hall–Kier alpha value is -0.500. The van der Waals surface area contributed by atoms with Crippen molar-refractivity contribution in [3.8, 4) is 0 Å². The summed E-state index contributed by atoms with van der Waals surface area (Å²) in [7, 11) is 0. The van der Waals surface area contributed by atoms with Gasteiger partial charge >= 0.3 is 5.97 Å². The number of anilines is 1. The summed E-state index contributed by atoms with van der Waals surface area (Å²) in [5, 5.41) is 4.02. The minimum absolute atomic E-state index is 0.